The standard InChI is InChI=1S/C16H30N4/c1-3-17-15(12-16-18-13-19-20(16)4-2)14-10-8-6-5-7-9-11-14/h13-15,17H,3-12H2,1-2H3. The van der Waals surface area contributed by atoms with Crippen LogP contribution in [-0.2, 0) is 13.0 Å². The SMILES string of the molecule is CCNC(Cc1ncnn1CC)C1CCCCCCC1. The van der Waals surface area contributed by atoms with Crippen LogP contribution in [0.3, 0.4) is 0 Å². The lowest BCUT2D eigenvalue weighted by Crippen LogP contribution is -2.39. The zero-order valence-corrected chi connectivity index (χ0v) is 13.1. The first kappa shape index (κ1) is 15.5. The van der Waals surface area contributed by atoms with Crippen LogP contribution >= 0.6 is 0 Å². The molecule has 1 aromatic heterocycles. The molecular formula is C16H30N4. The average Bonchev–Trinajstić information content (AvgIpc) is 2.85. The molecule has 114 valence electrons. The molecule has 1 N–H and O–H groups in total. The second-order valence-corrected chi connectivity index (χ2v) is 5.97. The summed E-state index contributed by atoms with van der Waals surface area (Å²) in [5, 5.41) is 8.01. The molecule has 0 aliphatic heterocycles. The van der Waals surface area contributed by atoms with E-state index in [0.717, 1.165) is 31.3 Å². The number of hydrogen-bond donors (Lipinski definition) is 1. The lowest BCUT2D eigenvalue weighted by molar-refractivity contribution is 0.281. The van der Waals surface area contributed by atoms with E-state index in [1.54, 1.807) is 6.33 Å². The molecule has 2 rings (SSSR count). The van der Waals surface area contributed by atoms with Gasteiger partial charge in [0.15, 0.2) is 0 Å². The highest BCUT2D eigenvalue weighted by molar-refractivity contribution is 4.92. The van der Waals surface area contributed by atoms with Crippen LogP contribution in [0, 0.1) is 5.92 Å². The van der Waals surface area contributed by atoms with Crippen molar-refractivity contribution in [2.24, 2.45) is 5.92 Å². The summed E-state index contributed by atoms with van der Waals surface area (Å²) in [5.41, 5.74) is 0. The number of aryl methyl sites for hydroxylation is 1. The van der Waals surface area contributed by atoms with Crippen LogP contribution in [0.2, 0.25) is 0 Å². The normalized spacial score (nSPS) is 19.5. The van der Waals surface area contributed by atoms with Crippen molar-refractivity contribution in [3.63, 3.8) is 0 Å². The predicted molar refractivity (Wildman–Crippen MR) is 82.7 cm³/mol. The van der Waals surface area contributed by atoms with E-state index in [1.165, 1.54) is 44.9 Å². The predicted octanol–water partition coefficient (Wildman–Crippen LogP) is 3.18. The molecule has 4 heteroatoms. The van der Waals surface area contributed by atoms with Crippen molar-refractivity contribution in [1.29, 1.82) is 0 Å². The summed E-state index contributed by atoms with van der Waals surface area (Å²) in [6, 6.07) is 0.563. The smallest absolute Gasteiger partial charge is 0.138 e. The highest BCUT2D eigenvalue weighted by Gasteiger charge is 2.23. The first-order chi connectivity index (χ1) is 9.85. The van der Waals surface area contributed by atoms with Gasteiger partial charge in [-0.3, -0.25) is 4.68 Å². The van der Waals surface area contributed by atoms with Gasteiger partial charge in [0.05, 0.1) is 0 Å². The van der Waals surface area contributed by atoms with Crippen molar-refractivity contribution >= 4 is 0 Å². The Hall–Kier alpha value is -0.900. The van der Waals surface area contributed by atoms with Gasteiger partial charge in [-0.15, -0.1) is 0 Å². The van der Waals surface area contributed by atoms with Gasteiger partial charge in [0.2, 0.25) is 0 Å². The fourth-order valence-corrected chi connectivity index (χ4v) is 3.46. The lowest BCUT2D eigenvalue weighted by atomic mass is 9.84. The number of aromatic nitrogens is 3. The fraction of sp³-hybridized carbons (Fsp3) is 0.875. The van der Waals surface area contributed by atoms with Gasteiger partial charge in [0.25, 0.3) is 0 Å². The Morgan fingerprint density at radius 2 is 1.90 bits per heavy atom. The molecule has 1 heterocycles. The summed E-state index contributed by atoms with van der Waals surface area (Å²) in [5.74, 6) is 1.94. The van der Waals surface area contributed by atoms with Gasteiger partial charge < -0.3 is 5.32 Å². The Morgan fingerprint density at radius 1 is 1.20 bits per heavy atom. The van der Waals surface area contributed by atoms with Crippen molar-refractivity contribution in [1.82, 2.24) is 20.1 Å². The summed E-state index contributed by atoms with van der Waals surface area (Å²) < 4.78 is 2.03. The molecule has 0 radical (unpaired) electrons. The molecule has 0 amide bonds. The fourth-order valence-electron chi connectivity index (χ4n) is 3.46. The van der Waals surface area contributed by atoms with E-state index < -0.39 is 0 Å². The van der Waals surface area contributed by atoms with Crippen LogP contribution in [0.15, 0.2) is 6.33 Å². The molecule has 1 saturated carbocycles. The van der Waals surface area contributed by atoms with E-state index in [2.05, 4.69) is 29.2 Å². The molecule has 0 aromatic carbocycles. The molecule has 1 aliphatic rings. The van der Waals surface area contributed by atoms with Crippen molar-refractivity contribution in [3.05, 3.63) is 12.2 Å². The lowest BCUT2D eigenvalue weighted by Gasteiger charge is -2.29. The van der Waals surface area contributed by atoms with Gasteiger partial charge in [0.1, 0.15) is 12.2 Å². The van der Waals surface area contributed by atoms with Crippen LogP contribution in [-0.4, -0.2) is 27.4 Å². The number of nitrogens with zero attached hydrogens (tertiary/aromatic N) is 3. The molecule has 1 fully saturated rings. The van der Waals surface area contributed by atoms with Crippen molar-refractivity contribution < 1.29 is 0 Å². The van der Waals surface area contributed by atoms with Crippen LogP contribution < -0.4 is 5.32 Å². The van der Waals surface area contributed by atoms with Gasteiger partial charge in [-0.05, 0) is 32.2 Å². The van der Waals surface area contributed by atoms with Crippen molar-refractivity contribution in [3.8, 4) is 0 Å². The third-order valence-corrected chi connectivity index (χ3v) is 4.58. The number of nitrogens with one attached hydrogen (secondary N) is 1. The van der Waals surface area contributed by atoms with E-state index in [1.807, 2.05) is 4.68 Å². The highest BCUT2D eigenvalue weighted by Crippen LogP contribution is 2.26. The maximum atomic E-state index is 4.46. The molecule has 1 unspecified atom stereocenters. The largest absolute Gasteiger partial charge is 0.314 e. The summed E-state index contributed by atoms with van der Waals surface area (Å²) in [4.78, 5) is 4.46. The van der Waals surface area contributed by atoms with Gasteiger partial charge >= 0.3 is 0 Å². The maximum Gasteiger partial charge on any atom is 0.138 e. The van der Waals surface area contributed by atoms with E-state index in [4.69, 9.17) is 0 Å². The minimum atomic E-state index is 0.563. The van der Waals surface area contributed by atoms with Crippen LogP contribution in [0.1, 0.15) is 64.6 Å². The minimum absolute atomic E-state index is 0.563. The Bertz CT molecular complexity index is 366. The Balaban J connectivity index is 2.01. The molecule has 0 spiro atoms. The first-order valence-corrected chi connectivity index (χ1v) is 8.45. The van der Waals surface area contributed by atoms with Crippen molar-refractivity contribution in [2.45, 2.75) is 77.8 Å². The summed E-state index contributed by atoms with van der Waals surface area (Å²) in [6.07, 6.45) is 12.5. The third kappa shape index (κ3) is 4.30. The monoisotopic (exact) mass is 278 g/mol. The van der Waals surface area contributed by atoms with Crippen LogP contribution in [0.5, 0.6) is 0 Å². The Kier molecular flexibility index (Phi) is 6.51. The second kappa shape index (κ2) is 8.40. The topological polar surface area (TPSA) is 42.7 Å². The van der Waals surface area contributed by atoms with Gasteiger partial charge in [-0.2, -0.15) is 5.10 Å². The molecule has 1 aliphatic carbocycles. The van der Waals surface area contributed by atoms with Crippen LogP contribution in [0.25, 0.3) is 0 Å². The van der Waals surface area contributed by atoms with E-state index in [-0.39, 0.29) is 0 Å². The van der Waals surface area contributed by atoms with Crippen molar-refractivity contribution in [2.75, 3.05) is 6.54 Å². The molecule has 1 aromatic rings. The molecule has 0 bridgehead atoms. The summed E-state index contributed by atoms with van der Waals surface area (Å²) in [6.45, 7) is 6.30. The number of hydrogen-bond acceptors (Lipinski definition) is 3. The van der Waals surface area contributed by atoms with Gasteiger partial charge in [-0.25, -0.2) is 4.98 Å². The van der Waals surface area contributed by atoms with E-state index in [9.17, 15) is 0 Å². The summed E-state index contributed by atoms with van der Waals surface area (Å²) >= 11 is 0. The molecule has 4 nitrogen and oxygen atoms in total. The number of rotatable bonds is 6. The second-order valence-electron chi connectivity index (χ2n) is 5.97. The quantitative estimate of drug-likeness (QED) is 0.869. The number of likely N-dealkylation sites (N-methyl/N-ethyl adjacent to an activating group) is 1. The molecular weight excluding hydrogens is 248 g/mol. The van der Waals surface area contributed by atoms with Gasteiger partial charge in [-0.1, -0.05) is 39.0 Å². The Labute approximate surface area is 123 Å². The van der Waals surface area contributed by atoms with E-state index in [0.29, 0.717) is 6.04 Å². The summed E-state index contributed by atoms with van der Waals surface area (Å²) in [7, 11) is 0. The third-order valence-electron chi connectivity index (χ3n) is 4.58. The maximum absolute atomic E-state index is 4.46. The highest BCUT2D eigenvalue weighted by atomic mass is 15.3. The zero-order chi connectivity index (χ0) is 14.2. The molecule has 20 heavy (non-hydrogen) atoms. The van der Waals surface area contributed by atoms with E-state index >= 15 is 0 Å². The molecule has 1 atom stereocenters. The van der Waals surface area contributed by atoms with Gasteiger partial charge in [0, 0.05) is 19.0 Å². The van der Waals surface area contributed by atoms with Crippen LogP contribution in [0.4, 0.5) is 0 Å². The minimum Gasteiger partial charge on any atom is -0.314 e. The average molecular weight is 278 g/mol. The zero-order valence-electron chi connectivity index (χ0n) is 13.1. The first-order valence-electron chi connectivity index (χ1n) is 8.45. The molecule has 0 saturated heterocycles. The Morgan fingerprint density at radius 3 is 2.55 bits per heavy atom.